The fourth-order valence-corrected chi connectivity index (χ4v) is 1.50. The number of rotatable bonds is 4. The van der Waals surface area contributed by atoms with Crippen molar-refractivity contribution in [2.75, 3.05) is 0 Å². The highest BCUT2D eigenvalue weighted by atomic mass is 14.2. The van der Waals surface area contributed by atoms with Crippen molar-refractivity contribution in [1.29, 1.82) is 0 Å². The van der Waals surface area contributed by atoms with Gasteiger partial charge in [0, 0.05) is 0 Å². The molecule has 0 aliphatic rings. The zero-order valence-electron chi connectivity index (χ0n) is 11.2. The largest absolute Gasteiger partial charge is 0.0851 e. The summed E-state index contributed by atoms with van der Waals surface area (Å²) in [4.78, 5) is 0. The van der Waals surface area contributed by atoms with Crippen molar-refractivity contribution in [2.45, 2.75) is 67.7 Å². The van der Waals surface area contributed by atoms with E-state index in [0.717, 1.165) is 0 Å². The number of allylic oxidation sites excluding steroid dienone is 2. The van der Waals surface area contributed by atoms with Gasteiger partial charge in [-0.1, -0.05) is 59.6 Å². The van der Waals surface area contributed by atoms with E-state index in [4.69, 9.17) is 0 Å². The Balaban J connectivity index is 4.14. The van der Waals surface area contributed by atoms with E-state index >= 15 is 0 Å². The summed E-state index contributed by atoms with van der Waals surface area (Å²) in [6.07, 6.45) is 6.11. The molecule has 0 N–H and O–H groups in total. The summed E-state index contributed by atoms with van der Waals surface area (Å²) < 4.78 is 0. The van der Waals surface area contributed by atoms with Gasteiger partial charge in [0.15, 0.2) is 0 Å². The third-order valence-corrected chi connectivity index (χ3v) is 2.77. The minimum Gasteiger partial charge on any atom is -0.0851 e. The summed E-state index contributed by atoms with van der Waals surface area (Å²) in [5.41, 5.74) is 2.44. The van der Waals surface area contributed by atoms with Crippen molar-refractivity contribution < 1.29 is 0 Å². The van der Waals surface area contributed by atoms with Crippen LogP contribution in [-0.4, -0.2) is 0 Å². The zero-order chi connectivity index (χ0) is 11.4. The highest BCUT2D eigenvalue weighted by Crippen LogP contribution is 2.28. The van der Waals surface area contributed by atoms with Crippen LogP contribution < -0.4 is 0 Å². The van der Waals surface area contributed by atoms with Crippen LogP contribution in [0.25, 0.3) is 0 Å². The van der Waals surface area contributed by atoms with Gasteiger partial charge in [-0.15, -0.1) is 0 Å². The SMILES string of the molecule is CCC(C)(C)CC=C(C)CC(C)(C)C. The number of hydrogen-bond acceptors (Lipinski definition) is 0. The molecule has 0 heteroatoms. The molecule has 84 valence electrons. The van der Waals surface area contributed by atoms with Crippen molar-refractivity contribution in [3.8, 4) is 0 Å². The maximum atomic E-state index is 2.43. The molecule has 0 heterocycles. The lowest BCUT2D eigenvalue weighted by Gasteiger charge is -2.22. The first-order chi connectivity index (χ1) is 6.16. The smallest absolute Gasteiger partial charge is 0.0274 e. The second-order valence-electron chi connectivity index (χ2n) is 6.51. The first kappa shape index (κ1) is 13.7. The maximum absolute atomic E-state index is 2.43. The Kier molecular flexibility index (Phi) is 4.91. The summed E-state index contributed by atoms with van der Waals surface area (Å²) in [6.45, 7) is 16.1. The van der Waals surface area contributed by atoms with Crippen LogP contribution in [0.2, 0.25) is 0 Å². The molecule has 0 amide bonds. The Bertz CT molecular complexity index is 189. The van der Waals surface area contributed by atoms with Crippen LogP contribution in [0.4, 0.5) is 0 Å². The van der Waals surface area contributed by atoms with Crippen LogP contribution in [0.15, 0.2) is 11.6 Å². The minimum absolute atomic E-state index is 0.428. The second-order valence-corrected chi connectivity index (χ2v) is 6.51. The fourth-order valence-electron chi connectivity index (χ4n) is 1.50. The van der Waals surface area contributed by atoms with Crippen LogP contribution in [-0.2, 0) is 0 Å². The Morgan fingerprint density at radius 1 is 1.07 bits per heavy atom. The lowest BCUT2D eigenvalue weighted by atomic mass is 9.83. The first-order valence-corrected chi connectivity index (χ1v) is 5.82. The number of hydrogen-bond donors (Lipinski definition) is 0. The van der Waals surface area contributed by atoms with Gasteiger partial charge in [0.05, 0.1) is 0 Å². The van der Waals surface area contributed by atoms with Crippen LogP contribution in [0.5, 0.6) is 0 Å². The van der Waals surface area contributed by atoms with Crippen molar-refractivity contribution in [3.05, 3.63) is 11.6 Å². The maximum Gasteiger partial charge on any atom is -0.0274 e. The van der Waals surface area contributed by atoms with Crippen LogP contribution in [0, 0.1) is 10.8 Å². The highest BCUT2D eigenvalue weighted by molar-refractivity contribution is 5.02. The Morgan fingerprint density at radius 2 is 1.57 bits per heavy atom. The van der Waals surface area contributed by atoms with Gasteiger partial charge >= 0.3 is 0 Å². The summed E-state index contributed by atoms with van der Waals surface area (Å²) >= 11 is 0. The van der Waals surface area contributed by atoms with Gasteiger partial charge < -0.3 is 0 Å². The topological polar surface area (TPSA) is 0 Å². The quantitative estimate of drug-likeness (QED) is 0.542. The van der Waals surface area contributed by atoms with E-state index in [1.807, 2.05) is 0 Å². The molecule has 0 radical (unpaired) electrons. The molecule has 0 aliphatic heterocycles. The molecule has 14 heavy (non-hydrogen) atoms. The molecule has 0 saturated carbocycles. The average Bonchev–Trinajstić information content (AvgIpc) is 1.98. The minimum atomic E-state index is 0.428. The first-order valence-electron chi connectivity index (χ1n) is 5.82. The van der Waals surface area contributed by atoms with E-state index in [-0.39, 0.29) is 0 Å². The molecule has 0 bridgehead atoms. The predicted octanol–water partition coefficient (Wildman–Crippen LogP) is 5.20. The highest BCUT2D eigenvalue weighted by Gasteiger charge is 2.14. The third-order valence-electron chi connectivity index (χ3n) is 2.77. The van der Waals surface area contributed by atoms with Crippen LogP contribution >= 0.6 is 0 Å². The lowest BCUT2D eigenvalue weighted by Crippen LogP contribution is -2.09. The molecule has 0 aromatic rings. The van der Waals surface area contributed by atoms with Gasteiger partial charge in [-0.05, 0) is 30.6 Å². The second kappa shape index (κ2) is 5.00. The molecule has 0 saturated heterocycles. The molecule has 0 fully saturated rings. The van der Waals surface area contributed by atoms with Crippen LogP contribution in [0.1, 0.15) is 67.7 Å². The predicted molar refractivity (Wildman–Crippen MR) is 66.5 cm³/mol. The van der Waals surface area contributed by atoms with Gasteiger partial charge in [0.1, 0.15) is 0 Å². The van der Waals surface area contributed by atoms with Gasteiger partial charge in [0.2, 0.25) is 0 Å². The van der Waals surface area contributed by atoms with Crippen molar-refractivity contribution in [3.63, 3.8) is 0 Å². The molecule has 0 unspecified atom stereocenters. The zero-order valence-corrected chi connectivity index (χ0v) is 11.2. The summed E-state index contributed by atoms with van der Waals surface area (Å²) in [5, 5.41) is 0. The summed E-state index contributed by atoms with van der Waals surface area (Å²) in [7, 11) is 0. The Hall–Kier alpha value is -0.260. The average molecular weight is 196 g/mol. The van der Waals surface area contributed by atoms with Crippen molar-refractivity contribution >= 4 is 0 Å². The molecule has 0 aliphatic carbocycles. The summed E-state index contributed by atoms with van der Waals surface area (Å²) in [6, 6.07) is 0. The van der Waals surface area contributed by atoms with Gasteiger partial charge in [-0.2, -0.15) is 0 Å². The van der Waals surface area contributed by atoms with E-state index in [0.29, 0.717) is 10.8 Å². The van der Waals surface area contributed by atoms with Crippen LogP contribution in [0.3, 0.4) is 0 Å². The summed E-state index contributed by atoms with van der Waals surface area (Å²) in [5.74, 6) is 0. The van der Waals surface area contributed by atoms with E-state index < -0.39 is 0 Å². The standard InChI is InChI=1S/C14H28/c1-8-14(6,7)10-9-12(2)11-13(3,4)5/h9H,8,10-11H2,1-7H3. The van der Waals surface area contributed by atoms with Gasteiger partial charge in [0.25, 0.3) is 0 Å². The fraction of sp³-hybridized carbons (Fsp3) is 0.857. The van der Waals surface area contributed by atoms with Crippen molar-refractivity contribution in [1.82, 2.24) is 0 Å². The molecule has 0 nitrogen and oxygen atoms in total. The molecule has 0 atom stereocenters. The van der Waals surface area contributed by atoms with E-state index in [2.05, 4.69) is 54.5 Å². The normalized spacial score (nSPS) is 14.6. The van der Waals surface area contributed by atoms with Crippen molar-refractivity contribution in [2.24, 2.45) is 10.8 Å². The molecule has 0 aromatic heterocycles. The van der Waals surface area contributed by atoms with E-state index in [9.17, 15) is 0 Å². The molecule has 0 aromatic carbocycles. The Labute approximate surface area is 90.8 Å². The third kappa shape index (κ3) is 7.17. The Morgan fingerprint density at radius 3 is 1.93 bits per heavy atom. The monoisotopic (exact) mass is 196 g/mol. The molecule has 0 rings (SSSR count). The molecule has 0 spiro atoms. The molecular weight excluding hydrogens is 168 g/mol. The van der Waals surface area contributed by atoms with E-state index in [1.165, 1.54) is 19.3 Å². The molecular formula is C14H28. The van der Waals surface area contributed by atoms with E-state index in [1.54, 1.807) is 5.57 Å². The van der Waals surface area contributed by atoms with Gasteiger partial charge in [-0.3, -0.25) is 0 Å². The lowest BCUT2D eigenvalue weighted by molar-refractivity contribution is 0.353. The van der Waals surface area contributed by atoms with Gasteiger partial charge in [-0.25, -0.2) is 0 Å².